The van der Waals surface area contributed by atoms with Crippen LogP contribution in [0, 0.1) is 21.6 Å². The van der Waals surface area contributed by atoms with Crippen LogP contribution in [0.4, 0.5) is 0 Å². The predicted molar refractivity (Wildman–Crippen MR) is 65.3 cm³/mol. The van der Waals surface area contributed by atoms with Crippen molar-refractivity contribution in [1.29, 1.82) is 21.6 Å². The standard InChI is InChI=1S/C10H8N4O6/c11-5(7(13)9(17)18)3(15)1-2-4(16)6(12)8(14)10(19)20/h1-2,11-14H,(H,17,18)(H,19,20)/b2-1-,11-5?,12-6?,13-7?,14-8?. The monoisotopic (exact) mass is 280 g/mol. The first kappa shape index (κ1) is 16.7. The van der Waals surface area contributed by atoms with Crippen LogP contribution in [0.3, 0.4) is 0 Å². The molecule has 0 saturated carbocycles. The van der Waals surface area contributed by atoms with Gasteiger partial charge in [0.1, 0.15) is 11.4 Å². The molecule has 0 unspecified atom stereocenters. The summed E-state index contributed by atoms with van der Waals surface area (Å²) < 4.78 is 0. The third-order valence-corrected chi connectivity index (χ3v) is 1.81. The molecular formula is C10H8N4O6. The summed E-state index contributed by atoms with van der Waals surface area (Å²) in [7, 11) is 0. The lowest BCUT2D eigenvalue weighted by atomic mass is 10.1. The Morgan fingerprint density at radius 3 is 1.05 bits per heavy atom. The Morgan fingerprint density at radius 1 is 0.600 bits per heavy atom. The Bertz CT molecular complexity index is 549. The fraction of sp³-hybridized carbons (Fsp3) is 0. The number of hydrogen-bond donors (Lipinski definition) is 6. The molecule has 0 aliphatic carbocycles. The Hall–Kier alpha value is -3.30. The lowest BCUT2D eigenvalue weighted by molar-refractivity contribution is -0.130. The minimum absolute atomic E-state index is 0.422. The van der Waals surface area contributed by atoms with Gasteiger partial charge in [-0.1, -0.05) is 0 Å². The van der Waals surface area contributed by atoms with Crippen LogP contribution in [0.15, 0.2) is 12.2 Å². The molecule has 0 bridgehead atoms. The second kappa shape index (κ2) is 6.58. The van der Waals surface area contributed by atoms with E-state index >= 15 is 0 Å². The maximum absolute atomic E-state index is 11.2. The molecule has 0 heterocycles. The molecule has 0 atom stereocenters. The summed E-state index contributed by atoms with van der Waals surface area (Å²) in [5, 5.41) is 44.5. The summed E-state index contributed by atoms with van der Waals surface area (Å²) in [5.41, 5.74) is -4.91. The maximum atomic E-state index is 11.2. The van der Waals surface area contributed by atoms with Crippen molar-refractivity contribution < 1.29 is 29.4 Å². The molecule has 20 heavy (non-hydrogen) atoms. The number of carboxylic acid groups (broad SMARTS) is 2. The third-order valence-electron chi connectivity index (χ3n) is 1.81. The van der Waals surface area contributed by atoms with Crippen molar-refractivity contribution in [1.82, 2.24) is 0 Å². The van der Waals surface area contributed by atoms with Gasteiger partial charge in [-0.05, 0) is 12.2 Å². The van der Waals surface area contributed by atoms with E-state index in [1.807, 2.05) is 0 Å². The number of nitrogens with one attached hydrogen (secondary N) is 4. The van der Waals surface area contributed by atoms with Gasteiger partial charge in [0.05, 0.1) is 0 Å². The van der Waals surface area contributed by atoms with Crippen molar-refractivity contribution in [2.24, 2.45) is 0 Å². The number of carbonyl (C=O) groups is 4. The SMILES string of the molecule is N=C(C(=N)C(=O)/C=C\C(=O)C(=N)C(=N)C(=O)O)C(=O)O. The van der Waals surface area contributed by atoms with Crippen LogP contribution >= 0.6 is 0 Å². The highest BCUT2D eigenvalue weighted by Crippen LogP contribution is 1.90. The van der Waals surface area contributed by atoms with Gasteiger partial charge in [0.2, 0.25) is 11.6 Å². The summed E-state index contributed by atoms with van der Waals surface area (Å²) in [5.74, 6) is -6.16. The number of hydrogen-bond acceptors (Lipinski definition) is 8. The lowest BCUT2D eigenvalue weighted by Gasteiger charge is -1.97. The Labute approximate surface area is 110 Å². The van der Waals surface area contributed by atoms with E-state index in [0.717, 1.165) is 0 Å². The highest BCUT2D eigenvalue weighted by molar-refractivity contribution is 6.81. The Morgan fingerprint density at radius 2 is 0.850 bits per heavy atom. The topological polar surface area (TPSA) is 204 Å². The van der Waals surface area contributed by atoms with Crippen LogP contribution < -0.4 is 0 Å². The zero-order valence-corrected chi connectivity index (χ0v) is 9.68. The van der Waals surface area contributed by atoms with Crippen molar-refractivity contribution in [3.8, 4) is 0 Å². The number of ketones is 2. The number of carbonyl (C=O) groups excluding carboxylic acids is 2. The van der Waals surface area contributed by atoms with Crippen LogP contribution in [0.2, 0.25) is 0 Å². The van der Waals surface area contributed by atoms with E-state index < -0.39 is 46.4 Å². The maximum Gasteiger partial charge on any atom is 0.356 e. The highest BCUT2D eigenvalue weighted by Gasteiger charge is 2.21. The quantitative estimate of drug-likeness (QED) is 0.241. The van der Waals surface area contributed by atoms with Crippen LogP contribution in [-0.2, 0) is 19.2 Å². The average molecular weight is 280 g/mol. The van der Waals surface area contributed by atoms with E-state index in [2.05, 4.69) is 0 Å². The van der Waals surface area contributed by atoms with E-state index in [1.165, 1.54) is 0 Å². The molecule has 10 nitrogen and oxygen atoms in total. The first-order valence-electron chi connectivity index (χ1n) is 4.67. The summed E-state index contributed by atoms with van der Waals surface area (Å²) in [4.78, 5) is 43.1. The van der Waals surface area contributed by atoms with Gasteiger partial charge >= 0.3 is 11.9 Å². The summed E-state index contributed by atoms with van der Waals surface area (Å²) in [6.45, 7) is 0. The first-order chi connectivity index (χ1) is 9.09. The van der Waals surface area contributed by atoms with Crippen molar-refractivity contribution in [3.05, 3.63) is 12.2 Å². The van der Waals surface area contributed by atoms with E-state index in [0.29, 0.717) is 12.2 Å². The van der Waals surface area contributed by atoms with Crippen molar-refractivity contribution in [2.75, 3.05) is 0 Å². The second-order valence-corrected chi connectivity index (χ2v) is 3.17. The van der Waals surface area contributed by atoms with Crippen LogP contribution in [-0.4, -0.2) is 56.6 Å². The molecule has 104 valence electrons. The van der Waals surface area contributed by atoms with Gasteiger partial charge in [-0.25, -0.2) is 9.59 Å². The van der Waals surface area contributed by atoms with Crippen molar-refractivity contribution in [3.63, 3.8) is 0 Å². The van der Waals surface area contributed by atoms with Gasteiger partial charge in [0, 0.05) is 0 Å². The van der Waals surface area contributed by atoms with E-state index in [-0.39, 0.29) is 0 Å². The zero-order chi connectivity index (χ0) is 16.0. The molecule has 10 heteroatoms. The van der Waals surface area contributed by atoms with Crippen LogP contribution in [0.1, 0.15) is 0 Å². The number of carboxylic acids is 2. The Balaban J connectivity index is 4.89. The molecule has 0 aromatic rings. The minimum Gasteiger partial charge on any atom is -0.476 e. The molecule has 0 aromatic carbocycles. The smallest absolute Gasteiger partial charge is 0.356 e. The normalized spacial score (nSPS) is 9.80. The molecule has 0 aliphatic rings. The predicted octanol–water partition coefficient (Wildman–Crippen LogP) is -1.07. The number of allylic oxidation sites excluding steroid dienone is 2. The van der Waals surface area contributed by atoms with Gasteiger partial charge in [-0.2, -0.15) is 0 Å². The van der Waals surface area contributed by atoms with Gasteiger partial charge < -0.3 is 10.2 Å². The molecule has 0 fully saturated rings. The number of rotatable bonds is 8. The lowest BCUT2D eigenvalue weighted by Crippen LogP contribution is -2.29. The summed E-state index contributed by atoms with van der Waals surface area (Å²) in [6, 6.07) is 0. The molecule has 0 saturated heterocycles. The molecule has 6 N–H and O–H groups in total. The Kier molecular flexibility index (Phi) is 5.50. The van der Waals surface area contributed by atoms with Crippen molar-refractivity contribution >= 4 is 46.4 Å². The molecule has 0 aromatic heterocycles. The molecule has 0 amide bonds. The minimum atomic E-state index is -1.80. The molecule has 0 spiro atoms. The fourth-order valence-electron chi connectivity index (χ4n) is 0.778. The number of aliphatic carboxylic acids is 2. The van der Waals surface area contributed by atoms with E-state index in [9.17, 15) is 19.2 Å². The van der Waals surface area contributed by atoms with Crippen LogP contribution in [0.5, 0.6) is 0 Å². The van der Waals surface area contributed by atoms with Gasteiger partial charge in [-0.15, -0.1) is 0 Å². The summed E-state index contributed by atoms with van der Waals surface area (Å²) in [6.07, 6.45) is 0.845. The van der Waals surface area contributed by atoms with E-state index in [1.54, 1.807) is 0 Å². The van der Waals surface area contributed by atoms with Crippen molar-refractivity contribution in [2.45, 2.75) is 0 Å². The fourth-order valence-corrected chi connectivity index (χ4v) is 0.778. The van der Waals surface area contributed by atoms with Gasteiger partial charge in [0.25, 0.3) is 0 Å². The zero-order valence-electron chi connectivity index (χ0n) is 9.68. The second-order valence-electron chi connectivity index (χ2n) is 3.17. The van der Waals surface area contributed by atoms with E-state index in [4.69, 9.17) is 31.9 Å². The molecule has 0 rings (SSSR count). The van der Waals surface area contributed by atoms with Gasteiger partial charge in [0.15, 0.2) is 11.4 Å². The molecule has 0 aliphatic heterocycles. The average Bonchev–Trinajstić information content (AvgIpc) is 2.40. The third kappa shape index (κ3) is 4.18. The molecule has 0 radical (unpaired) electrons. The largest absolute Gasteiger partial charge is 0.476 e. The van der Waals surface area contributed by atoms with Crippen LogP contribution in [0.25, 0.3) is 0 Å². The summed E-state index contributed by atoms with van der Waals surface area (Å²) >= 11 is 0. The molecular weight excluding hydrogens is 272 g/mol. The highest BCUT2D eigenvalue weighted by atomic mass is 16.4. The van der Waals surface area contributed by atoms with Gasteiger partial charge in [-0.3, -0.25) is 31.2 Å². The first-order valence-corrected chi connectivity index (χ1v) is 4.67.